The minimum absolute atomic E-state index is 0.0490. The number of hydrogen-bond donors (Lipinski definition) is 2. The van der Waals surface area contributed by atoms with Gasteiger partial charge in [0.25, 0.3) is 11.5 Å². The van der Waals surface area contributed by atoms with Gasteiger partial charge in [-0.3, -0.25) is 9.59 Å². The SMILES string of the molecule is C[C@@H](NC(=O)c1ccc(=O)n(-c2ccc(OC(F)(F)F)cc2)n1)c1cc(N)cc(C(F)(F)F)c1. The largest absolute Gasteiger partial charge is 0.573 e. The molecular formula is C21H16F6N4O3. The number of nitrogens with zero attached hydrogens (tertiary/aromatic N) is 2. The van der Waals surface area contributed by atoms with Crippen LogP contribution >= 0.6 is 0 Å². The number of nitrogens with one attached hydrogen (secondary N) is 1. The zero-order chi connectivity index (χ0) is 25.3. The van der Waals surface area contributed by atoms with Crippen LogP contribution in [0.4, 0.5) is 32.0 Å². The van der Waals surface area contributed by atoms with Gasteiger partial charge in [0, 0.05) is 11.8 Å². The number of amides is 1. The molecule has 7 nitrogen and oxygen atoms in total. The zero-order valence-electron chi connectivity index (χ0n) is 17.2. The molecule has 1 amide bonds. The van der Waals surface area contributed by atoms with E-state index in [4.69, 9.17) is 5.73 Å². The molecule has 3 rings (SSSR count). The van der Waals surface area contributed by atoms with Crippen LogP contribution in [0.15, 0.2) is 59.4 Å². The molecule has 13 heteroatoms. The van der Waals surface area contributed by atoms with E-state index >= 15 is 0 Å². The van der Waals surface area contributed by atoms with Crippen molar-refractivity contribution in [3.05, 3.63) is 81.8 Å². The fourth-order valence-electron chi connectivity index (χ4n) is 2.95. The molecule has 0 aliphatic heterocycles. The molecule has 3 N–H and O–H groups in total. The average Bonchev–Trinajstić information content (AvgIpc) is 2.72. The highest BCUT2D eigenvalue weighted by molar-refractivity contribution is 5.92. The van der Waals surface area contributed by atoms with Crippen LogP contribution in [0.2, 0.25) is 0 Å². The summed E-state index contributed by atoms with van der Waals surface area (Å²) < 4.78 is 80.6. The summed E-state index contributed by atoms with van der Waals surface area (Å²) in [6, 6.07) is 8.28. The van der Waals surface area contributed by atoms with Crippen molar-refractivity contribution < 1.29 is 35.9 Å². The van der Waals surface area contributed by atoms with E-state index in [1.165, 1.54) is 13.0 Å². The second-order valence-electron chi connectivity index (χ2n) is 7.09. The molecule has 0 bridgehead atoms. The van der Waals surface area contributed by atoms with Gasteiger partial charge in [0.2, 0.25) is 0 Å². The number of benzene rings is 2. The van der Waals surface area contributed by atoms with Gasteiger partial charge in [-0.15, -0.1) is 13.2 Å². The number of ether oxygens (including phenoxy) is 1. The van der Waals surface area contributed by atoms with Gasteiger partial charge in [0.1, 0.15) is 11.4 Å². The second kappa shape index (κ2) is 9.08. The van der Waals surface area contributed by atoms with Gasteiger partial charge in [-0.2, -0.15) is 23.0 Å². The lowest BCUT2D eigenvalue weighted by Gasteiger charge is -2.17. The fraction of sp³-hybridized carbons (Fsp3) is 0.190. The van der Waals surface area contributed by atoms with Crippen LogP contribution in [-0.4, -0.2) is 22.1 Å². The molecule has 34 heavy (non-hydrogen) atoms. The van der Waals surface area contributed by atoms with E-state index in [2.05, 4.69) is 15.2 Å². The summed E-state index contributed by atoms with van der Waals surface area (Å²) in [6.45, 7) is 1.43. The Balaban J connectivity index is 1.83. The lowest BCUT2D eigenvalue weighted by molar-refractivity contribution is -0.274. The summed E-state index contributed by atoms with van der Waals surface area (Å²) in [7, 11) is 0. The molecule has 3 aromatic rings. The lowest BCUT2D eigenvalue weighted by atomic mass is 10.0. The number of alkyl halides is 6. The molecule has 0 fully saturated rings. The number of carbonyl (C=O) groups excluding carboxylic acids is 1. The Morgan fingerprint density at radius 2 is 1.68 bits per heavy atom. The first kappa shape index (κ1) is 24.6. The average molecular weight is 486 g/mol. The van der Waals surface area contributed by atoms with Crippen LogP contribution in [0.5, 0.6) is 5.75 Å². The third-order valence-corrected chi connectivity index (χ3v) is 4.50. The topological polar surface area (TPSA) is 99.2 Å². The molecular weight excluding hydrogens is 470 g/mol. The molecule has 1 atom stereocenters. The van der Waals surface area contributed by atoms with Gasteiger partial charge < -0.3 is 15.8 Å². The molecule has 1 aromatic heterocycles. The predicted molar refractivity (Wildman–Crippen MR) is 108 cm³/mol. The molecule has 0 aliphatic rings. The molecule has 1 heterocycles. The molecule has 2 aromatic carbocycles. The molecule has 0 saturated heterocycles. The van der Waals surface area contributed by atoms with Crippen LogP contribution in [0.1, 0.15) is 34.6 Å². The number of nitrogen functional groups attached to an aromatic ring is 1. The summed E-state index contributed by atoms with van der Waals surface area (Å²) in [5, 5.41) is 6.36. The smallest absolute Gasteiger partial charge is 0.406 e. The van der Waals surface area contributed by atoms with Crippen molar-refractivity contribution in [2.75, 3.05) is 5.73 Å². The molecule has 0 spiro atoms. The number of hydrogen-bond acceptors (Lipinski definition) is 5. The summed E-state index contributed by atoms with van der Waals surface area (Å²) in [4.78, 5) is 24.8. The summed E-state index contributed by atoms with van der Waals surface area (Å²) >= 11 is 0. The Bertz CT molecular complexity index is 1250. The molecule has 0 radical (unpaired) electrons. The number of halogens is 6. The van der Waals surface area contributed by atoms with Crippen molar-refractivity contribution in [3.63, 3.8) is 0 Å². The van der Waals surface area contributed by atoms with Gasteiger partial charge in [0.15, 0.2) is 0 Å². The monoisotopic (exact) mass is 486 g/mol. The van der Waals surface area contributed by atoms with Crippen LogP contribution in [0, 0.1) is 0 Å². The first-order valence-corrected chi connectivity index (χ1v) is 9.48. The molecule has 0 unspecified atom stereocenters. The Labute approximate surface area is 187 Å². The fourth-order valence-corrected chi connectivity index (χ4v) is 2.95. The molecule has 0 aliphatic carbocycles. The van der Waals surface area contributed by atoms with E-state index in [1.54, 1.807) is 0 Å². The van der Waals surface area contributed by atoms with E-state index in [1.807, 2.05) is 0 Å². The van der Waals surface area contributed by atoms with Crippen LogP contribution in [0.25, 0.3) is 5.69 Å². The van der Waals surface area contributed by atoms with Gasteiger partial charge >= 0.3 is 12.5 Å². The van der Waals surface area contributed by atoms with Crippen LogP contribution in [0.3, 0.4) is 0 Å². The van der Waals surface area contributed by atoms with Gasteiger partial charge in [-0.1, -0.05) is 0 Å². The quantitative estimate of drug-likeness (QED) is 0.416. The highest BCUT2D eigenvalue weighted by atomic mass is 19.4. The molecule has 180 valence electrons. The van der Waals surface area contributed by atoms with Crippen molar-refractivity contribution in [1.82, 2.24) is 15.1 Å². The van der Waals surface area contributed by atoms with Crippen molar-refractivity contribution in [1.29, 1.82) is 0 Å². The van der Waals surface area contributed by atoms with E-state index in [0.29, 0.717) is 0 Å². The number of carbonyl (C=O) groups is 1. The van der Waals surface area contributed by atoms with Gasteiger partial charge in [0.05, 0.1) is 17.3 Å². The Morgan fingerprint density at radius 3 is 2.26 bits per heavy atom. The first-order chi connectivity index (χ1) is 15.7. The summed E-state index contributed by atoms with van der Waals surface area (Å²) in [5.74, 6) is -1.33. The Morgan fingerprint density at radius 1 is 1.03 bits per heavy atom. The summed E-state index contributed by atoms with van der Waals surface area (Å²) in [5.41, 5.74) is 3.62. The maximum Gasteiger partial charge on any atom is 0.573 e. The summed E-state index contributed by atoms with van der Waals surface area (Å²) in [6.07, 6.45) is -9.53. The van der Waals surface area contributed by atoms with Crippen LogP contribution in [-0.2, 0) is 6.18 Å². The lowest BCUT2D eigenvalue weighted by Crippen LogP contribution is -2.30. The minimum Gasteiger partial charge on any atom is -0.406 e. The van der Waals surface area contributed by atoms with Gasteiger partial charge in [-0.05, 0) is 61.0 Å². The maximum atomic E-state index is 13.0. The van der Waals surface area contributed by atoms with Gasteiger partial charge in [-0.25, -0.2) is 0 Å². The van der Waals surface area contributed by atoms with Crippen molar-refractivity contribution in [2.45, 2.75) is 25.5 Å². The third kappa shape index (κ3) is 6.05. The van der Waals surface area contributed by atoms with E-state index in [9.17, 15) is 35.9 Å². The highest BCUT2D eigenvalue weighted by Crippen LogP contribution is 2.32. The van der Waals surface area contributed by atoms with Crippen molar-refractivity contribution in [3.8, 4) is 11.4 Å². The molecule has 0 saturated carbocycles. The number of rotatable bonds is 5. The normalized spacial score (nSPS) is 12.8. The maximum absolute atomic E-state index is 13.0. The van der Waals surface area contributed by atoms with Crippen LogP contribution < -0.4 is 21.3 Å². The number of nitrogens with two attached hydrogens (primary N) is 1. The zero-order valence-corrected chi connectivity index (χ0v) is 17.2. The van der Waals surface area contributed by atoms with Crippen molar-refractivity contribution >= 4 is 11.6 Å². The van der Waals surface area contributed by atoms with E-state index in [0.717, 1.165) is 53.2 Å². The minimum atomic E-state index is -4.89. The second-order valence-corrected chi connectivity index (χ2v) is 7.09. The van der Waals surface area contributed by atoms with Crippen molar-refractivity contribution in [2.24, 2.45) is 0 Å². The Hall–Kier alpha value is -4.03. The number of aromatic nitrogens is 2. The standard InChI is InChI=1S/C21H16F6N4O3/c1-11(12-8-13(20(22,23)24)10-14(28)9-12)29-19(33)17-6-7-18(32)31(30-17)15-2-4-16(5-3-15)34-21(25,26)27/h2-11H,28H2,1H3,(H,29,33)/t11-/m1/s1. The number of anilines is 1. The first-order valence-electron chi connectivity index (χ1n) is 9.48. The Kier molecular flexibility index (Phi) is 6.57. The van der Waals surface area contributed by atoms with E-state index < -0.39 is 41.4 Å². The van der Waals surface area contributed by atoms with E-state index in [-0.39, 0.29) is 22.6 Å². The third-order valence-electron chi connectivity index (χ3n) is 4.50. The highest BCUT2D eigenvalue weighted by Gasteiger charge is 2.32. The predicted octanol–water partition coefficient (Wildman–Crippen LogP) is 4.22.